The minimum absolute atomic E-state index is 0.0146. The molecule has 0 atom stereocenters. The fraction of sp³-hybridized carbons (Fsp3) is 0.182. The van der Waals surface area contributed by atoms with Gasteiger partial charge in [0.1, 0.15) is 4.49 Å². The van der Waals surface area contributed by atoms with Gasteiger partial charge in [-0.05, 0) is 6.92 Å². The molecule has 0 fully saturated rings. The summed E-state index contributed by atoms with van der Waals surface area (Å²) in [4.78, 5) is 11.2. The van der Waals surface area contributed by atoms with Crippen LogP contribution < -0.4 is 5.32 Å². The number of amides is 1. The molecule has 0 saturated carbocycles. The molecule has 1 aromatic carbocycles. The summed E-state index contributed by atoms with van der Waals surface area (Å²) in [5, 5.41) is 2.49. The van der Waals surface area contributed by atoms with Crippen LogP contribution >= 0.6 is 23.2 Å². The molecule has 1 aromatic rings. The topological polar surface area (TPSA) is 38.3 Å². The van der Waals surface area contributed by atoms with Crippen LogP contribution in [-0.2, 0) is 4.74 Å². The Kier molecular flexibility index (Phi) is 5.15. The van der Waals surface area contributed by atoms with Gasteiger partial charge in [-0.2, -0.15) is 0 Å². The van der Waals surface area contributed by atoms with E-state index < -0.39 is 6.09 Å². The second kappa shape index (κ2) is 6.40. The largest absolute Gasteiger partial charge is 0.450 e. The van der Waals surface area contributed by atoms with Gasteiger partial charge in [-0.25, -0.2) is 4.79 Å². The Balaban J connectivity index is 2.87. The first-order valence-corrected chi connectivity index (χ1v) is 5.45. The summed E-state index contributed by atoms with van der Waals surface area (Å²) < 4.78 is 4.73. The Morgan fingerprint density at radius 1 is 1.31 bits per heavy atom. The highest BCUT2D eigenvalue weighted by molar-refractivity contribution is 6.58. The summed E-state index contributed by atoms with van der Waals surface area (Å²) in [7, 11) is 0. The van der Waals surface area contributed by atoms with Gasteiger partial charge in [0.2, 0.25) is 0 Å². The summed E-state index contributed by atoms with van der Waals surface area (Å²) in [6.07, 6.45) is -0.583. The lowest BCUT2D eigenvalue weighted by Gasteiger charge is -2.09. The Bertz CT molecular complexity index is 386. The van der Waals surface area contributed by atoms with Crippen LogP contribution in [0.5, 0.6) is 0 Å². The number of hydrogen-bond acceptors (Lipinski definition) is 2. The number of halogens is 2. The van der Waals surface area contributed by atoms with Gasteiger partial charge in [0, 0.05) is 5.56 Å². The molecule has 0 aliphatic carbocycles. The number of nitrogens with one attached hydrogen (secondary N) is 1. The lowest BCUT2D eigenvalue weighted by atomic mass is 10.2. The maximum Gasteiger partial charge on any atom is 0.411 e. The van der Waals surface area contributed by atoms with Crippen molar-refractivity contribution in [3.8, 4) is 0 Å². The SMILES string of the molecule is CCOC(=O)NC(=C(Cl)Cl)c1ccccc1. The standard InChI is InChI=1S/C11H11Cl2NO2/c1-2-16-11(15)14-9(10(12)13)8-6-4-3-5-7-8/h3-7H,2H2,1H3,(H,14,15). The van der Waals surface area contributed by atoms with E-state index in [9.17, 15) is 4.79 Å². The number of ether oxygens (including phenoxy) is 1. The van der Waals surface area contributed by atoms with E-state index in [4.69, 9.17) is 27.9 Å². The molecule has 0 spiro atoms. The minimum atomic E-state index is -0.583. The molecule has 1 N–H and O–H groups in total. The summed E-state index contributed by atoms with van der Waals surface area (Å²) in [6, 6.07) is 9.06. The Labute approximate surface area is 104 Å². The summed E-state index contributed by atoms with van der Waals surface area (Å²) in [5.41, 5.74) is 1.05. The number of benzene rings is 1. The molecule has 1 rings (SSSR count). The summed E-state index contributed by atoms with van der Waals surface area (Å²) in [6.45, 7) is 2.00. The van der Waals surface area contributed by atoms with Crippen molar-refractivity contribution in [1.82, 2.24) is 5.32 Å². The normalized spacial score (nSPS) is 9.44. The smallest absolute Gasteiger partial charge is 0.411 e. The first kappa shape index (κ1) is 12.9. The van der Waals surface area contributed by atoms with Gasteiger partial charge < -0.3 is 4.74 Å². The second-order valence-electron chi connectivity index (χ2n) is 2.85. The van der Waals surface area contributed by atoms with Crippen LogP contribution in [0.2, 0.25) is 0 Å². The number of hydrogen-bond donors (Lipinski definition) is 1. The van der Waals surface area contributed by atoms with Gasteiger partial charge in [0.15, 0.2) is 0 Å². The Hall–Kier alpha value is -1.19. The van der Waals surface area contributed by atoms with Crippen molar-refractivity contribution in [2.24, 2.45) is 0 Å². The van der Waals surface area contributed by atoms with Crippen molar-refractivity contribution < 1.29 is 9.53 Å². The van der Waals surface area contributed by atoms with E-state index in [0.717, 1.165) is 5.56 Å². The van der Waals surface area contributed by atoms with Crippen molar-refractivity contribution in [3.05, 3.63) is 40.4 Å². The molecule has 0 aromatic heterocycles. The van der Waals surface area contributed by atoms with Crippen LogP contribution in [0.1, 0.15) is 12.5 Å². The third-order valence-electron chi connectivity index (χ3n) is 1.75. The number of carbonyl (C=O) groups is 1. The Morgan fingerprint density at radius 3 is 2.44 bits per heavy atom. The molecule has 16 heavy (non-hydrogen) atoms. The van der Waals surface area contributed by atoms with Crippen molar-refractivity contribution in [3.63, 3.8) is 0 Å². The molecule has 0 aliphatic rings. The molecule has 86 valence electrons. The van der Waals surface area contributed by atoms with Crippen LogP contribution in [-0.4, -0.2) is 12.7 Å². The molecular formula is C11H11Cl2NO2. The Morgan fingerprint density at radius 2 is 1.94 bits per heavy atom. The van der Waals surface area contributed by atoms with Crippen molar-refractivity contribution in [2.45, 2.75) is 6.92 Å². The van der Waals surface area contributed by atoms with E-state index in [1.54, 1.807) is 19.1 Å². The van der Waals surface area contributed by atoms with Crippen molar-refractivity contribution >= 4 is 35.0 Å². The predicted octanol–water partition coefficient (Wildman–Crippen LogP) is 3.54. The van der Waals surface area contributed by atoms with E-state index >= 15 is 0 Å². The maximum absolute atomic E-state index is 11.2. The summed E-state index contributed by atoms with van der Waals surface area (Å²) in [5.74, 6) is 0. The van der Waals surface area contributed by atoms with E-state index in [-0.39, 0.29) is 11.1 Å². The first-order valence-electron chi connectivity index (χ1n) is 4.69. The minimum Gasteiger partial charge on any atom is -0.450 e. The molecular weight excluding hydrogens is 249 g/mol. The number of rotatable bonds is 3. The lowest BCUT2D eigenvalue weighted by molar-refractivity contribution is 0.157. The van der Waals surface area contributed by atoms with Crippen LogP contribution in [0.4, 0.5) is 4.79 Å². The van der Waals surface area contributed by atoms with Crippen molar-refractivity contribution in [2.75, 3.05) is 6.61 Å². The fourth-order valence-electron chi connectivity index (χ4n) is 1.10. The van der Waals surface area contributed by atoms with Gasteiger partial charge in [-0.15, -0.1) is 0 Å². The quantitative estimate of drug-likeness (QED) is 0.902. The second-order valence-corrected chi connectivity index (χ2v) is 3.80. The average molecular weight is 260 g/mol. The van der Waals surface area contributed by atoms with Crippen LogP contribution in [0, 0.1) is 0 Å². The molecule has 0 saturated heterocycles. The fourth-order valence-corrected chi connectivity index (χ4v) is 1.42. The zero-order valence-corrected chi connectivity index (χ0v) is 10.2. The third-order valence-corrected chi connectivity index (χ3v) is 2.13. The average Bonchev–Trinajstić information content (AvgIpc) is 2.27. The monoisotopic (exact) mass is 259 g/mol. The zero-order valence-electron chi connectivity index (χ0n) is 8.67. The highest BCUT2D eigenvalue weighted by atomic mass is 35.5. The van der Waals surface area contributed by atoms with E-state index in [1.165, 1.54) is 0 Å². The highest BCUT2D eigenvalue weighted by Crippen LogP contribution is 2.21. The molecule has 0 radical (unpaired) electrons. The van der Waals surface area contributed by atoms with E-state index in [0.29, 0.717) is 5.70 Å². The number of carbonyl (C=O) groups excluding carboxylic acids is 1. The molecule has 0 aliphatic heterocycles. The maximum atomic E-state index is 11.2. The third kappa shape index (κ3) is 3.76. The zero-order chi connectivity index (χ0) is 12.0. The highest BCUT2D eigenvalue weighted by Gasteiger charge is 2.10. The molecule has 1 amide bonds. The van der Waals surface area contributed by atoms with Crippen LogP contribution in [0.3, 0.4) is 0 Å². The number of alkyl carbamates (subject to hydrolysis) is 1. The lowest BCUT2D eigenvalue weighted by Crippen LogP contribution is -2.23. The first-order chi connectivity index (χ1) is 7.65. The van der Waals surface area contributed by atoms with Gasteiger partial charge in [0.05, 0.1) is 12.3 Å². The summed E-state index contributed by atoms with van der Waals surface area (Å²) >= 11 is 11.4. The van der Waals surface area contributed by atoms with Gasteiger partial charge >= 0.3 is 6.09 Å². The van der Waals surface area contributed by atoms with Gasteiger partial charge in [-0.3, -0.25) is 5.32 Å². The molecule has 0 unspecified atom stereocenters. The molecule has 0 heterocycles. The van der Waals surface area contributed by atoms with Crippen LogP contribution in [0.15, 0.2) is 34.8 Å². The van der Waals surface area contributed by atoms with Crippen molar-refractivity contribution in [1.29, 1.82) is 0 Å². The molecule has 0 bridgehead atoms. The van der Waals surface area contributed by atoms with Gasteiger partial charge in [-0.1, -0.05) is 53.5 Å². The predicted molar refractivity (Wildman–Crippen MR) is 65.2 cm³/mol. The van der Waals surface area contributed by atoms with Crippen LogP contribution in [0.25, 0.3) is 5.70 Å². The molecule has 5 heteroatoms. The van der Waals surface area contributed by atoms with E-state index in [1.807, 2.05) is 18.2 Å². The molecule has 3 nitrogen and oxygen atoms in total. The van der Waals surface area contributed by atoms with Gasteiger partial charge in [0.25, 0.3) is 0 Å². The van der Waals surface area contributed by atoms with E-state index in [2.05, 4.69) is 5.32 Å².